The number of carboxylic acids is 1. The number of benzene rings is 1. The van der Waals surface area contributed by atoms with Crippen molar-refractivity contribution >= 4 is 5.97 Å². The highest BCUT2D eigenvalue weighted by Crippen LogP contribution is 2.02. The van der Waals surface area contributed by atoms with E-state index in [4.69, 9.17) is 5.11 Å². The Hall–Kier alpha value is -1.35. The highest BCUT2D eigenvalue weighted by atomic mass is 16.4. The van der Waals surface area contributed by atoms with E-state index in [2.05, 4.69) is 36.5 Å². The second-order valence-electron chi connectivity index (χ2n) is 3.98. The molecule has 2 N–H and O–H groups in total. The number of hydrogen-bond donors (Lipinski definition) is 2. The summed E-state index contributed by atoms with van der Waals surface area (Å²) in [5.74, 6) is -0.722. The second kappa shape index (κ2) is 7.01. The maximum atomic E-state index is 10.3. The first kappa shape index (κ1) is 12.7. The lowest BCUT2D eigenvalue weighted by atomic mass is 10.1. The Bertz CT molecular complexity index is 319. The Morgan fingerprint density at radius 3 is 2.56 bits per heavy atom. The number of hydrogen-bond acceptors (Lipinski definition) is 2. The van der Waals surface area contributed by atoms with Crippen molar-refractivity contribution in [3.63, 3.8) is 0 Å². The van der Waals surface area contributed by atoms with Gasteiger partial charge in [-0.2, -0.15) is 0 Å². The van der Waals surface area contributed by atoms with Crippen LogP contribution in [0.2, 0.25) is 0 Å². The van der Waals surface area contributed by atoms with Crippen LogP contribution in [0.1, 0.15) is 24.0 Å². The van der Waals surface area contributed by atoms with Gasteiger partial charge in [-0.25, -0.2) is 0 Å². The quantitative estimate of drug-likeness (QED) is 0.692. The molecule has 0 aromatic heterocycles. The van der Waals surface area contributed by atoms with Crippen LogP contribution in [0.25, 0.3) is 0 Å². The molecule has 0 saturated heterocycles. The SMILES string of the molecule is Cc1ccc(CCNCCCC(=O)O)cc1. The van der Waals surface area contributed by atoms with Gasteiger partial charge in [0.1, 0.15) is 0 Å². The molecule has 0 bridgehead atoms. The summed E-state index contributed by atoms with van der Waals surface area (Å²) >= 11 is 0. The molecule has 88 valence electrons. The second-order valence-corrected chi connectivity index (χ2v) is 3.98. The zero-order valence-electron chi connectivity index (χ0n) is 9.70. The van der Waals surface area contributed by atoms with Crippen LogP contribution in [0.5, 0.6) is 0 Å². The van der Waals surface area contributed by atoms with E-state index < -0.39 is 5.97 Å². The third-order valence-electron chi connectivity index (χ3n) is 2.46. The average molecular weight is 221 g/mol. The number of aliphatic carboxylic acids is 1. The minimum atomic E-state index is -0.722. The molecule has 1 aromatic carbocycles. The van der Waals surface area contributed by atoms with Gasteiger partial charge in [-0.15, -0.1) is 0 Å². The molecule has 1 rings (SSSR count). The lowest BCUT2D eigenvalue weighted by Gasteiger charge is -2.04. The summed E-state index contributed by atoms with van der Waals surface area (Å²) in [5, 5.41) is 11.7. The Balaban J connectivity index is 2.07. The third-order valence-corrected chi connectivity index (χ3v) is 2.46. The summed E-state index contributed by atoms with van der Waals surface area (Å²) in [7, 11) is 0. The Morgan fingerprint density at radius 1 is 1.25 bits per heavy atom. The number of carboxylic acid groups (broad SMARTS) is 1. The minimum absolute atomic E-state index is 0.248. The fourth-order valence-electron chi connectivity index (χ4n) is 1.48. The topological polar surface area (TPSA) is 49.3 Å². The molecule has 3 heteroatoms. The van der Waals surface area contributed by atoms with Crippen LogP contribution in [-0.2, 0) is 11.2 Å². The van der Waals surface area contributed by atoms with Crippen LogP contribution in [0, 0.1) is 6.92 Å². The van der Waals surface area contributed by atoms with Crippen LogP contribution < -0.4 is 5.32 Å². The minimum Gasteiger partial charge on any atom is -0.481 e. The van der Waals surface area contributed by atoms with E-state index in [1.54, 1.807) is 0 Å². The maximum absolute atomic E-state index is 10.3. The number of rotatable bonds is 7. The van der Waals surface area contributed by atoms with Crippen molar-refractivity contribution in [2.24, 2.45) is 0 Å². The molecule has 0 radical (unpaired) electrons. The normalized spacial score (nSPS) is 10.3. The van der Waals surface area contributed by atoms with Gasteiger partial charge in [-0.1, -0.05) is 29.8 Å². The molecule has 0 unspecified atom stereocenters. The molecule has 0 fully saturated rings. The van der Waals surface area contributed by atoms with Crippen molar-refractivity contribution in [3.8, 4) is 0 Å². The molecule has 0 heterocycles. The van der Waals surface area contributed by atoms with Crippen LogP contribution in [0.3, 0.4) is 0 Å². The molecule has 0 amide bonds. The van der Waals surface area contributed by atoms with Crippen LogP contribution in [0.15, 0.2) is 24.3 Å². The lowest BCUT2D eigenvalue weighted by Crippen LogP contribution is -2.19. The molecule has 0 spiro atoms. The summed E-state index contributed by atoms with van der Waals surface area (Å²) in [6.45, 7) is 3.76. The van der Waals surface area contributed by atoms with Gasteiger partial charge in [0.25, 0.3) is 0 Å². The van der Waals surface area contributed by atoms with Gasteiger partial charge in [-0.05, 0) is 38.4 Å². The van der Waals surface area contributed by atoms with Gasteiger partial charge in [-0.3, -0.25) is 4.79 Å². The van der Waals surface area contributed by atoms with Crippen molar-refractivity contribution in [1.82, 2.24) is 5.32 Å². The van der Waals surface area contributed by atoms with Crippen molar-refractivity contribution < 1.29 is 9.90 Å². The average Bonchev–Trinajstić information content (AvgIpc) is 2.25. The fraction of sp³-hybridized carbons (Fsp3) is 0.462. The molecule has 0 aliphatic carbocycles. The van der Waals surface area contributed by atoms with Gasteiger partial charge in [0, 0.05) is 6.42 Å². The molecular weight excluding hydrogens is 202 g/mol. The van der Waals surface area contributed by atoms with Gasteiger partial charge in [0.2, 0.25) is 0 Å². The smallest absolute Gasteiger partial charge is 0.303 e. The summed E-state index contributed by atoms with van der Waals surface area (Å²) < 4.78 is 0. The molecule has 0 atom stereocenters. The van der Waals surface area contributed by atoms with Crippen molar-refractivity contribution in [1.29, 1.82) is 0 Å². The summed E-state index contributed by atoms with van der Waals surface area (Å²) in [4.78, 5) is 10.3. The van der Waals surface area contributed by atoms with Gasteiger partial charge in [0.05, 0.1) is 0 Å². The van der Waals surface area contributed by atoms with Crippen molar-refractivity contribution in [3.05, 3.63) is 35.4 Å². The van der Waals surface area contributed by atoms with E-state index in [-0.39, 0.29) is 6.42 Å². The third kappa shape index (κ3) is 5.51. The number of carbonyl (C=O) groups is 1. The van der Waals surface area contributed by atoms with Crippen LogP contribution >= 0.6 is 0 Å². The van der Waals surface area contributed by atoms with Crippen LogP contribution in [0.4, 0.5) is 0 Å². The zero-order chi connectivity index (χ0) is 11.8. The Kier molecular flexibility index (Phi) is 5.57. The molecule has 0 saturated carbocycles. The summed E-state index contributed by atoms with van der Waals surface area (Å²) in [5.41, 5.74) is 2.59. The molecule has 0 aliphatic heterocycles. The fourth-order valence-corrected chi connectivity index (χ4v) is 1.48. The monoisotopic (exact) mass is 221 g/mol. The van der Waals surface area contributed by atoms with Gasteiger partial charge >= 0.3 is 5.97 Å². The van der Waals surface area contributed by atoms with E-state index in [0.717, 1.165) is 19.5 Å². The Labute approximate surface area is 96.5 Å². The summed E-state index contributed by atoms with van der Waals surface area (Å²) in [6, 6.07) is 8.49. The molecule has 16 heavy (non-hydrogen) atoms. The van der Waals surface area contributed by atoms with Crippen molar-refractivity contribution in [2.75, 3.05) is 13.1 Å². The lowest BCUT2D eigenvalue weighted by molar-refractivity contribution is -0.137. The van der Waals surface area contributed by atoms with Gasteiger partial charge < -0.3 is 10.4 Å². The number of nitrogens with one attached hydrogen (secondary N) is 1. The van der Waals surface area contributed by atoms with Crippen molar-refractivity contribution in [2.45, 2.75) is 26.2 Å². The predicted molar refractivity (Wildman–Crippen MR) is 64.6 cm³/mol. The number of aryl methyl sites for hydroxylation is 1. The van der Waals surface area contributed by atoms with Crippen LogP contribution in [-0.4, -0.2) is 24.2 Å². The van der Waals surface area contributed by atoms with E-state index in [1.807, 2.05) is 0 Å². The largest absolute Gasteiger partial charge is 0.481 e. The predicted octanol–water partition coefficient (Wildman–Crippen LogP) is 1.99. The zero-order valence-corrected chi connectivity index (χ0v) is 9.70. The van der Waals surface area contributed by atoms with Gasteiger partial charge in [0.15, 0.2) is 0 Å². The highest BCUT2D eigenvalue weighted by molar-refractivity contribution is 5.66. The first-order chi connectivity index (χ1) is 7.68. The molecule has 0 aliphatic rings. The highest BCUT2D eigenvalue weighted by Gasteiger charge is 1.96. The first-order valence-electron chi connectivity index (χ1n) is 5.66. The van der Waals surface area contributed by atoms with E-state index >= 15 is 0 Å². The van der Waals surface area contributed by atoms with E-state index in [0.29, 0.717) is 6.42 Å². The Morgan fingerprint density at radius 2 is 1.94 bits per heavy atom. The van der Waals surface area contributed by atoms with E-state index in [1.165, 1.54) is 11.1 Å². The molecule has 3 nitrogen and oxygen atoms in total. The molecular formula is C13H19NO2. The molecule has 1 aromatic rings. The van der Waals surface area contributed by atoms with E-state index in [9.17, 15) is 4.79 Å². The summed E-state index contributed by atoms with van der Waals surface area (Å²) in [6.07, 6.45) is 1.94. The first-order valence-corrected chi connectivity index (χ1v) is 5.66. The maximum Gasteiger partial charge on any atom is 0.303 e. The standard InChI is InChI=1S/C13H19NO2/c1-11-4-6-12(7-5-11)8-10-14-9-2-3-13(15)16/h4-7,14H,2-3,8-10H2,1H3,(H,15,16).